The highest BCUT2D eigenvalue weighted by Crippen LogP contribution is 2.52. The molecule has 0 bridgehead atoms. The first-order valence-corrected chi connectivity index (χ1v) is 17.6. The second kappa shape index (κ2) is 19.6. The monoisotopic (exact) mass is 664 g/mol. The summed E-state index contributed by atoms with van der Waals surface area (Å²) in [5.41, 5.74) is 1.73. The molecule has 1 aromatic heterocycles. The number of ether oxygens (including phenoxy) is 5. The van der Waals surface area contributed by atoms with E-state index in [-0.39, 0.29) is 16.6 Å². The van der Waals surface area contributed by atoms with Crippen LogP contribution in [0.5, 0.6) is 0 Å². The number of nitrogens with zero attached hydrogens (tertiary/aromatic N) is 3. The normalized spacial score (nSPS) is 19.3. The van der Waals surface area contributed by atoms with Crippen molar-refractivity contribution in [1.29, 1.82) is 0 Å². The predicted octanol–water partition coefficient (Wildman–Crippen LogP) is 4.60. The van der Waals surface area contributed by atoms with Crippen molar-refractivity contribution in [2.45, 2.75) is 99.5 Å². The third kappa shape index (κ3) is 14.3. The SMILES string of the molecule is CC(C)(C)C(=O)CCCCn1nnc2c1CCC1C(CC2)C1COC(=O)NCCOCCOCCOCCOCCC(=O)C(C)(C)C. The van der Waals surface area contributed by atoms with E-state index in [2.05, 4.69) is 15.6 Å². The first-order valence-electron chi connectivity index (χ1n) is 17.6. The zero-order valence-corrected chi connectivity index (χ0v) is 29.8. The van der Waals surface area contributed by atoms with Gasteiger partial charge >= 0.3 is 6.09 Å². The van der Waals surface area contributed by atoms with E-state index in [1.54, 1.807) is 0 Å². The van der Waals surface area contributed by atoms with Gasteiger partial charge in [0, 0.05) is 36.8 Å². The van der Waals surface area contributed by atoms with Crippen molar-refractivity contribution in [3.8, 4) is 0 Å². The van der Waals surface area contributed by atoms with Crippen LogP contribution < -0.4 is 5.32 Å². The van der Waals surface area contributed by atoms with Gasteiger partial charge in [0.05, 0.1) is 70.8 Å². The molecule has 47 heavy (non-hydrogen) atoms. The number of carbonyl (C=O) groups excluding carboxylic acids is 3. The molecule has 1 aromatic rings. The van der Waals surface area contributed by atoms with E-state index in [0.717, 1.165) is 50.8 Å². The minimum atomic E-state index is -0.406. The van der Waals surface area contributed by atoms with Gasteiger partial charge < -0.3 is 29.0 Å². The summed E-state index contributed by atoms with van der Waals surface area (Å²) in [4.78, 5) is 36.2. The maximum Gasteiger partial charge on any atom is 0.407 e. The maximum atomic E-state index is 12.2. The molecule has 1 saturated carbocycles. The van der Waals surface area contributed by atoms with E-state index in [0.29, 0.717) is 102 Å². The fourth-order valence-corrected chi connectivity index (χ4v) is 5.92. The molecule has 12 nitrogen and oxygen atoms in total. The van der Waals surface area contributed by atoms with Crippen LogP contribution in [-0.4, -0.2) is 98.7 Å². The fourth-order valence-electron chi connectivity index (χ4n) is 5.92. The number of rotatable bonds is 22. The Bertz CT molecular complexity index is 1110. The number of unbranched alkanes of at least 4 members (excludes halogenated alkanes) is 1. The van der Waals surface area contributed by atoms with Gasteiger partial charge in [-0.2, -0.15) is 0 Å². The van der Waals surface area contributed by atoms with Crippen molar-refractivity contribution >= 4 is 17.7 Å². The lowest BCUT2D eigenvalue weighted by Crippen LogP contribution is -2.29. The first-order chi connectivity index (χ1) is 22.4. The van der Waals surface area contributed by atoms with Crippen LogP contribution in [0.1, 0.15) is 91.5 Å². The number of aryl methyl sites for hydroxylation is 2. The molecule has 1 fully saturated rings. The minimum absolute atomic E-state index is 0.194. The van der Waals surface area contributed by atoms with Crippen LogP contribution >= 0.6 is 0 Å². The van der Waals surface area contributed by atoms with Crippen LogP contribution in [0.25, 0.3) is 0 Å². The quantitative estimate of drug-likeness (QED) is 0.175. The number of nitrogens with one attached hydrogen (secondary N) is 1. The molecule has 0 radical (unpaired) electrons. The number of alkyl carbamates (subject to hydrolysis) is 1. The first kappa shape index (κ1) is 39.0. The molecule has 3 rings (SSSR count). The summed E-state index contributed by atoms with van der Waals surface area (Å²) in [7, 11) is 0. The van der Waals surface area contributed by atoms with E-state index < -0.39 is 6.09 Å². The van der Waals surface area contributed by atoms with Gasteiger partial charge in [-0.25, -0.2) is 9.48 Å². The van der Waals surface area contributed by atoms with Crippen LogP contribution in [0.3, 0.4) is 0 Å². The number of amides is 1. The number of fused-ring (bicyclic) bond motifs is 2. The van der Waals surface area contributed by atoms with Crippen molar-refractivity contribution in [2.75, 3.05) is 66.0 Å². The molecule has 0 aliphatic heterocycles. The van der Waals surface area contributed by atoms with Crippen molar-refractivity contribution in [1.82, 2.24) is 20.3 Å². The van der Waals surface area contributed by atoms with E-state index in [9.17, 15) is 14.4 Å². The zero-order chi connectivity index (χ0) is 34.3. The summed E-state index contributed by atoms with van der Waals surface area (Å²) in [6, 6.07) is 0. The molecular weight excluding hydrogens is 604 g/mol. The second-order valence-electron chi connectivity index (χ2n) is 14.8. The van der Waals surface area contributed by atoms with Gasteiger partial charge in [0.25, 0.3) is 0 Å². The van der Waals surface area contributed by atoms with Gasteiger partial charge in [-0.15, -0.1) is 5.10 Å². The number of hydrogen-bond donors (Lipinski definition) is 1. The summed E-state index contributed by atoms with van der Waals surface area (Å²) < 4.78 is 29.5. The Balaban J connectivity index is 1.14. The summed E-state index contributed by atoms with van der Waals surface area (Å²) in [5.74, 6) is 2.05. The summed E-state index contributed by atoms with van der Waals surface area (Å²) >= 11 is 0. The van der Waals surface area contributed by atoms with Crippen LogP contribution in [0.2, 0.25) is 0 Å². The number of Topliss-reactive ketones (excluding diaryl/α,β-unsaturated/α-hetero) is 2. The molecule has 3 unspecified atom stereocenters. The molecule has 2 aliphatic carbocycles. The van der Waals surface area contributed by atoms with E-state index >= 15 is 0 Å². The van der Waals surface area contributed by atoms with Gasteiger partial charge in [-0.05, 0) is 56.3 Å². The molecule has 268 valence electrons. The molecule has 12 heteroatoms. The van der Waals surface area contributed by atoms with Gasteiger partial charge in [0.15, 0.2) is 0 Å². The van der Waals surface area contributed by atoms with Gasteiger partial charge in [0.2, 0.25) is 0 Å². The lowest BCUT2D eigenvalue weighted by molar-refractivity contribution is -0.127. The van der Waals surface area contributed by atoms with E-state index in [4.69, 9.17) is 23.7 Å². The molecular formula is C35H60N4O8. The van der Waals surface area contributed by atoms with Crippen molar-refractivity contribution in [3.63, 3.8) is 0 Å². The summed E-state index contributed by atoms with van der Waals surface area (Å²) in [6.45, 7) is 16.8. The Labute approximate surface area is 281 Å². The largest absolute Gasteiger partial charge is 0.449 e. The Hall–Kier alpha value is -2.41. The summed E-state index contributed by atoms with van der Waals surface area (Å²) in [6.07, 6.45) is 6.37. The lowest BCUT2D eigenvalue weighted by atomic mass is 9.88. The van der Waals surface area contributed by atoms with Crippen LogP contribution in [0.4, 0.5) is 4.79 Å². The number of ketones is 2. The highest BCUT2D eigenvalue weighted by atomic mass is 16.6. The fraction of sp³-hybridized carbons (Fsp3) is 0.857. The van der Waals surface area contributed by atoms with Crippen molar-refractivity contribution < 1.29 is 38.1 Å². The third-order valence-electron chi connectivity index (χ3n) is 9.06. The Morgan fingerprint density at radius 1 is 0.745 bits per heavy atom. The van der Waals surface area contributed by atoms with Crippen LogP contribution in [0.15, 0.2) is 0 Å². The standard InChI is InChI=1S/C35H60N4O8/c1-34(2,3)31(40)9-7-8-16-39-30-13-11-27-26(10-12-29(30)37-38-39)28(27)25-47-33(42)36-15-18-44-20-22-46-24-23-45-21-19-43-17-14-32(41)35(4,5)6/h26-28H,7-25H2,1-6H3,(H,36,42). The highest BCUT2D eigenvalue weighted by Gasteiger charge is 2.50. The second-order valence-corrected chi connectivity index (χ2v) is 14.8. The topological polar surface area (TPSA) is 140 Å². The van der Waals surface area contributed by atoms with Crippen LogP contribution in [0, 0.1) is 28.6 Å². The van der Waals surface area contributed by atoms with E-state index in [1.807, 2.05) is 46.2 Å². The average Bonchev–Trinajstić information content (AvgIpc) is 3.51. The zero-order valence-electron chi connectivity index (χ0n) is 29.8. The van der Waals surface area contributed by atoms with Crippen molar-refractivity contribution in [2.24, 2.45) is 28.6 Å². The molecule has 3 atom stereocenters. The Morgan fingerprint density at radius 2 is 1.30 bits per heavy atom. The van der Waals surface area contributed by atoms with Gasteiger partial charge in [-0.1, -0.05) is 46.8 Å². The predicted molar refractivity (Wildman–Crippen MR) is 177 cm³/mol. The Morgan fingerprint density at radius 3 is 1.91 bits per heavy atom. The molecule has 0 aromatic carbocycles. The molecule has 1 heterocycles. The minimum Gasteiger partial charge on any atom is -0.449 e. The Kier molecular flexibility index (Phi) is 16.2. The van der Waals surface area contributed by atoms with Gasteiger partial charge in [-0.3, -0.25) is 9.59 Å². The molecule has 0 saturated heterocycles. The number of aromatic nitrogens is 3. The number of carbonyl (C=O) groups is 3. The van der Waals surface area contributed by atoms with Crippen molar-refractivity contribution in [3.05, 3.63) is 11.4 Å². The third-order valence-corrected chi connectivity index (χ3v) is 9.06. The van der Waals surface area contributed by atoms with E-state index in [1.165, 1.54) is 5.69 Å². The molecule has 1 N–H and O–H groups in total. The lowest BCUT2D eigenvalue weighted by Gasteiger charge is -2.16. The molecule has 0 spiro atoms. The number of hydrogen-bond acceptors (Lipinski definition) is 10. The average molecular weight is 665 g/mol. The van der Waals surface area contributed by atoms with Gasteiger partial charge in [0.1, 0.15) is 11.6 Å². The highest BCUT2D eigenvalue weighted by molar-refractivity contribution is 5.84. The maximum absolute atomic E-state index is 12.2. The molecule has 2 aliphatic rings. The molecule has 1 amide bonds. The summed E-state index contributed by atoms with van der Waals surface area (Å²) in [5, 5.41) is 11.7. The smallest absolute Gasteiger partial charge is 0.407 e. The van der Waals surface area contributed by atoms with Crippen LogP contribution in [-0.2, 0) is 52.7 Å².